The standard InChI is InChI=1S/C16H20Cl2N2O2/c1-11(21)9-19-6-7-20-10-13-3-5-16(22-13)14-4-2-12(17)8-15(14)18/h2-5,8,11,19-21H,6-7,9-10H2,1H3/p+2/t11-/m1/s1. The van der Waals surface area contributed by atoms with Crippen molar-refractivity contribution in [3.63, 3.8) is 0 Å². The van der Waals surface area contributed by atoms with Crippen molar-refractivity contribution < 1.29 is 20.2 Å². The van der Waals surface area contributed by atoms with Crippen LogP contribution in [0.5, 0.6) is 0 Å². The highest BCUT2D eigenvalue weighted by molar-refractivity contribution is 6.36. The molecule has 1 aromatic carbocycles. The summed E-state index contributed by atoms with van der Waals surface area (Å²) in [6.45, 7) is 5.28. The first kappa shape index (κ1) is 17.3. The Kier molecular flexibility index (Phi) is 6.73. The van der Waals surface area contributed by atoms with E-state index in [2.05, 4.69) is 10.6 Å². The maximum Gasteiger partial charge on any atom is 0.158 e. The van der Waals surface area contributed by atoms with Crippen molar-refractivity contribution in [1.82, 2.24) is 0 Å². The minimum atomic E-state index is -0.253. The van der Waals surface area contributed by atoms with Gasteiger partial charge in [0.15, 0.2) is 5.76 Å². The zero-order valence-electron chi connectivity index (χ0n) is 12.6. The fraction of sp³-hybridized carbons (Fsp3) is 0.375. The van der Waals surface area contributed by atoms with Gasteiger partial charge in [0.25, 0.3) is 0 Å². The summed E-state index contributed by atoms with van der Waals surface area (Å²) < 4.78 is 5.83. The Hall–Kier alpha value is -1.04. The highest BCUT2D eigenvalue weighted by Crippen LogP contribution is 2.31. The van der Waals surface area contributed by atoms with Crippen molar-refractivity contribution in [1.29, 1.82) is 0 Å². The van der Waals surface area contributed by atoms with Crippen LogP contribution in [0.4, 0.5) is 0 Å². The van der Waals surface area contributed by atoms with Crippen LogP contribution in [0, 0.1) is 0 Å². The first-order valence-corrected chi connectivity index (χ1v) is 8.17. The van der Waals surface area contributed by atoms with E-state index in [9.17, 15) is 0 Å². The molecule has 0 saturated carbocycles. The van der Waals surface area contributed by atoms with Crippen LogP contribution in [0.3, 0.4) is 0 Å². The van der Waals surface area contributed by atoms with Crippen LogP contribution in [-0.2, 0) is 6.54 Å². The molecule has 1 atom stereocenters. The molecule has 0 saturated heterocycles. The van der Waals surface area contributed by atoms with E-state index < -0.39 is 0 Å². The molecule has 120 valence electrons. The smallest absolute Gasteiger partial charge is 0.158 e. The van der Waals surface area contributed by atoms with Gasteiger partial charge in [-0.3, -0.25) is 0 Å². The maximum atomic E-state index is 9.16. The number of hydrogen-bond acceptors (Lipinski definition) is 2. The second-order valence-corrected chi connectivity index (χ2v) is 6.18. The molecule has 0 aliphatic heterocycles. The van der Waals surface area contributed by atoms with E-state index in [0.29, 0.717) is 10.0 Å². The predicted molar refractivity (Wildman–Crippen MR) is 88.0 cm³/mol. The normalized spacial score (nSPS) is 12.5. The van der Waals surface area contributed by atoms with Crippen LogP contribution in [-0.4, -0.2) is 30.8 Å². The fourth-order valence-electron chi connectivity index (χ4n) is 2.16. The number of quaternary nitrogens is 2. The van der Waals surface area contributed by atoms with Gasteiger partial charge in [0.2, 0.25) is 0 Å². The van der Waals surface area contributed by atoms with E-state index in [1.165, 1.54) is 0 Å². The Morgan fingerprint density at radius 2 is 1.91 bits per heavy atom. The van der Waals surface area contributed by atoms with E-state index in [0.717, 1.165) is 43.3 Å². The topological polar surface area (TPSA) is 66.6 Å². The van der Waals surface area contributed by atoms with Crippen LogP contribution >= 0.6 is 23.2 Å². The molecule has 2 rings (SSSR count). The summed E-state index contributed by atoms with van der Waals surface area (Å²) in [5.74, 6) is 1.67. The van der Waals surface area contributed by atoms with Gasteiger partial charge in [-0.05, 0) is 37.3 Å². The summed E-state index contributed by atoms with van der Waals surface area (Å²) in [7, 11) is 0. The van der Waals surface area contributed by atoms with Gasteiger partial charge in [0.05, 0.1) is 11.1 Å². The first-order valence-electron chi connectivity index (χ1n) is 7.42. The van der Waals surface area contributed by atoms with E-state index in [1.807, 2.05) is 18.2 Å². The molecule has 4 nitrogen and oxygen atoms in total. The lowest BCUT2D eigenvalue weighted by Gasteiger charge is -2.03. The molecule has 0 amide bonds. The third-order valence-corrected chi connectivity index (χ3v) is 3.83. The monoisotopic (exact) mass is 344 g/mol. The lowest BCUT2D eigenvalue weighted by molar-refractivity contribution is -0.733. The number of hydrogen-bond donors (Lipinski definition) is 3. The summed E-state index contributed by atoms with van der Waals surface area (Å²) in [6, 6.07) is 9.27. The van der Waals surface area contributed by atoms with Gasteiger partial charge in [0, 0.05) is 10.6 Å². The van der Waals surface area contributed by atoms with E-state index in [-0.39, 0.29) is 6.10 Å². The molecule has 6 heteroatoms. The summed E-state index contributed by atoms with van der Waals surface area (Å²) in [4.78, 5) is 0. The third kappa shape index (κ3) is 5.30. The van der Waals surface area contributed by atoms with E-state index in [1.54, 1.807) is 19.1 Å². The van der Waals surface area contributed by atoms with Crippen molar-refractivity contribution in [3.05, 3.63) is 46.1 Å². The van der Waals surface area contributed by atoms with E-state index in [4.69, 9.17) is 32.7 Å². The molecule has 0 spiro atoms. The van der Waals surface area contributed by atoms with Crippen molar-refractivity contribution >= 4 is 23.2 Å². The summed E-state index contributed by atoms with van der Waals surface area (Å²) in [6.07, 6.45) is -0.253. The van der Waals surface area contributed by atoms with Gasteiger partial charge in [-0.1, -0.05) is 23.2 Å². The van der Waals surface area contributed by atoms with Crippen LogP contribution in [0.25, 0.3) is 11.3 Å². The molecule has 1 heterocycles. The summed E-state index contributed by atoms with van der Waals surface area (Å²) in [5.41, 5.74) is 0.850. The van der Waals surface area contributed by atoms with Crippen LogP contribution in [0.1, 0.15) is 12.7 Å². The zero-order valence-corrected chi connectivity index (χ0v) is 14.1. The Bertz CT molecular complexity index is 600. The molecular formula is C16H22Cl2N2O2+2. The van der Waals surface area contributed by atoms with Gasteiger partial charge in [-0.2, -0.15) is 0 Å². The summed E-state index contributed by atoms with van der Waals surface area (Å²) in [5, 5.41) is 14.7. The van der Waals surface area contributed by atoms with Gasteiger partial charge >= 0.3 is 0 Å². The summed E-state index contributed by atoms with van der Waals surface area (Å²) >= 11 is 12.1. The van der Waals surface area contributed by atoms with Gasteiger partial charge < -0.3 is 20.2 Å². The SMILES string of the molecule is C[C@@H](O)C[NH2+]CC[NH2+]Cc1ccc(-c2ccc(Cl)cc2Cl)o1. The number of halogens is 2. The number of benzene rings is 1. The number of aliphatic hydroxyl groups excluding tert-OH is 1. The number of nitrogens with two attached hydrogens (primary N) is 2. The lowest BCUT2D eigenvalue weighted by Crippen LogP contribution is -2.95. The molecule has 22 heavy (non-hydrogen) atoms. The average Bonchev–Trinajstić information content (AvgIpc) is 2.91. The fourth-order valence-corrected chi connectivity index (χ4v) is 2.66. The molecule has 0 radical (unpaired) electrons. The van der Waals surface area contributed by atoms with Crippen molar-refractivity contribution in [2.45, 2.75) is 19.6 Å². The quantitative estimate of drug-likeness (QED) is 0.631. The minimum absolute atomic E-state index is 0.253. The third-order valence-electron chi connectivity index (χ3n) is 3.29. The largest absolute Gasteiger partial charge is 0.455 e. The highest BCUT2D eigenvalue weighted by atomic mass is 35.5. The zero-order chi connectivity index (χ0) is 15.9. The highest BCUT2D eigenvalue weighted by Gasteiger charge is 2.10. The van der Waals surface area contributed by atoms with Crippen molar-refractivity contribution in [2.75, 3.05) is 19.6 Å². The van der Waals surface area contributed by atoms with Gasteiger partial charge in [-0.15, -0.1) is 0 Å². The second kappa shape index (κ2) is 8.56. The molecule has 0 aliphatic rings. The van der Waals surface area contributed by atoms with Crippen LogP contribution in [0.15, 0.2) is 34.7 Å². The molecule has 2 aromatic rings. The number of furan rings is 1. The number of rotatable bonds is 8. The Morgan fingerprint density at radius 3 is 2.64 bits per heavy atom. The average molecular weight is 345 g/mol. The maximum absolute atomic E-state index is 9.16. The molecule has 0 fully saturated rings. The molecule has 1 aromatic heterocycles. The van der Waals surface area contributed by atoms with Crippen molar-refractivity contribution in [3.8, 4) is 11.3 Å². The molecule has 0 aliphatic carbocycles. The van der Waals surface area contributed by atoms with Gasteiger partial charge in [-0.25, -0.2) is 0 Å². The molecule has 0 bridgehead atoms. The van der Waals surface area contributed by atoms with Crippen LogP contribution < -0.4 is 10.6 Å². The first-order chi connectivity index (χ1) is 10.6. The minimum Gasteiger partial charge on any atom is -0.455 e. The van der Waals surface area contributed by atoms with E-state index >= 15 is 0 Å². The Balaban J connectivity index is 1.81. The van der Waals surface area contributed by atoms with Gasteiger partial charge in [0.1, 0.15) is 31.9 Å². The van der Waals surface area contributed by atoms with Crippen molar-refractivity contribution in [2.24, 2.45) is 0 Å². The molecular weight excluding hydrogens is 323 g/mol. The number of aliphatic hydroxyl groups is 1. The second-order valence-electron chi connectivity index (χ2n) is 5.33. The van der Waals surface area contributed by atoms with Crippen LogP contribution in [0.2, 0.25) is 10.0 Å². The molecule has 5 N–H and O–H groups in total. The predicted octanol–water partition coefficient (Wildman–Crippen LogP) is 1.26. The Morgan fingerprint density at radius 1 is 1.14 bits per heavy atom. The lowest BCUT2D eigenvalue weighted by atomic mass is 10.2. The molecule has 0 unspecified atom stereocenters. The Labute approximate surface area is 140 Å².